The molecule has 2 aliphatic rings. The van der Waals surface area contributed by atoms with Crippen molar-refractivity contribution in [2.45, 2.75) is 45.2 Å². The van der Waals surface area contributed by atoms with Gasteiger partial charge in [0.1, 0.15) is 5.75 Å². The maximum absolute atomic E-state index is 12.5. The molecule has 1 aliphatic heterocycles. The Balaban J connectivity index is 1.34. The van der Waals surface area contributed by atoms with Crippen molar-refractivity contribution in [3.8, 4) is 5.75 Å². The molecule has 1 aliphatic carbocycles. The Hall–Kier alpha value is -1.96. The summed E-state index contributed by atoms with van der Waals surface area (Å²) in [4.78, 5) is 17.0. The lowest BCUT2D eigenvalue weighted by Crippen LogP contribution is -2.24. The van der Waals surface area contributed by atoms with Gasteiger partial charge in [0, 0.05) is 24.4 Å². The fraction of sp³-hybridized carbons (Fsp3) is 0.545. The quantitative estimate of drug-likeness (QED) is 0.557. The number of carbonyl (C=O) groups excluding carboxylic acids is 1. The molecule has 6 nitrogen and oxygen atoms in total. The number of ether oxygens (including phenoxy) is 1. The van der Waals surface area contributed by atoms with E-state index in [1.54, 1.807) is 0 Å². The molecule has 1 amide bonds. The summed E-state index contributed by atoms with van der Waals surface area (Å²) in [6, 6.07) is 6.23. The number of carbonyl (C=O) groups is 1. The third-order valence-corrected chi connectivity index (χ3v) is 6.29. The van der Waals surface area contributed by atoms with Crippen molar-refractivity contribution in [1.29, 1.82) is 0 Å². The molecule has 156 valence electrons. The molecule has 29 heavy (non-hydrogen) atoms. The van der Waals surface area contributed by atoms with E-state index in [1.165, 1.54) is 36.2 Å². The van der Waals surface area contributed by atoms with Crippen molar-refractivity contribution < 1.29 is 9.53 Å². The number of hydrogen-bond donors (Lipinski definition) is 3. The predicted molar refractivity (Wildman–Crippen MR) is 116 cm³/mol. The van der Waals surface area contributed by atoms with Gasteiger partial charge in [0.2, 0.25) is 0 Å². The van der Waals surface area contributed by atoms with Gasteiger partial charge >= 0.3 is 0 Å². The summed E-state index contributed by atoms with van der Waals surface area (Å²) in [5.74, 6) is 2.04. The first-order chi connectivity index (χ1) is 14.2. The third kappa shape index (κ3) is 5.78. The normalized spacial score (nSPS) is 18.7. The van der Waals surface area contributed by atoms with Crippen LogP contribution in [0.2, 0.25) is 0 Å². The highest BCUT2D eigenvalue weighted by Crippen LogP contribution is 2.40. The number of nitrogens with zero attached hydrogens (tertiary/aromatic N) is 1. The third-order valence-electron chi connectivity index (χ3n) is 5.43. The van der Waals surface area contributed by atoms with Crippen LogP contribution in [0.4, 0.5) is 0 Å². The molecule has 7 heteroatoms. The lowest BCUT2D eigenvalue weighted by molar-refractivity contribution is 0.0950. The van der Waals surface area contributed by atoms with E-state index in [0.717, 1.165) is 43.2 Å². The van der Waals surface area contributed by atoms with Crippen LogP contribution in [0.15, 0.2) is 23.6 Å². The van der Waals surface area contributed by atoms with Gasteiger partial charge in [-0.15, -0.1) is 11.3 Å². The van der Waals surface area contributed by atoms with E-state index >= 15 is 0 Å². The van der Waals surface area contributed by atoms with Gasteiger partial charge in [-0.3, -0.25) is 4.79 Å². The number of nitrogens with one attached hydrogen (secondary N) is 3. The first-order valence-electron chi connectivity index (χ1n) is 10.6. The van der Waals surface area contributed by atoms with Crippen LogP contribution in [-0.4, -0.2) is 37.1 Å². The molecular formula is C22H30N4O2S. The molecule has 3 N–H and O–H groups in total. The number of hydrogen-bond acceptors (Lipinski definition) is 6. The highest BCUT2D eigenvalue weighted by atomic mass is 32.1. The SMILES string of the molecule is CCOc1cc(CNCC2CCNC2)cc(CNC(=O)c2nc(C3CC3)cs2)c1. The minimum absolute atomic E-state index is 0.0999. The average molecular weight is 415 g/mol. The molecule has 1 aromatic heterocycles. The van der Waals surface area contributed by atoms with Gasteiger partial charge in [0.05, 0.1) is 12.3 Å². The first-order valence-corrected chi connectivity index (χ1v) is 11.5. The smallest absolute Gasteiger partial charge is 0.280 e. The molecule has 1 atom stereocenters. The number of amides is 1. The minimum atomic E-state index is -0.0999. The van der Waals surface area contributed by atoms with Crippen LogP contribution in [0.1, 0.15) is 58.7 Å². The zero-order chi connectivity index (χ0) is 20.1. The van der Waals surface area contributed by atoms with Gasteiger partial charge in [0.15, 0.2) is 5.01 Å². The molecule has 2 heterocycles. The Labute approximate surface area is 176 Å². The van der Waals surface area contributed by atoms with E-state index < -0.39 is 0 Å². The minimum Gasteiger partial charge on any atom is -0.494 e. The van der Waals surface area contributed by atoms with Crippen LogP contribution in [0.25, 0.3) is 0 Å². The molecule has 1 unspecified atom stereocenters. The van der Waals surface area contributed by atoms with Crippen LogP contribution < -0.4 is 20.7 Å². The molecule has 1 aromatic carbocycles. The van der Waals surface area contributed by atoms with Crippen LogP contribution in [0.3, 0.4) is 0 Å². The van der Waals surface area contributed by atoms with Crippen LogP contribution >= 0.6 is 11.3 Å². The second-order valence-corrected chi connectivity index (χ2v) is 8.80. The number of aromatic nitrogens is 1. The molecular weight excluding hydrogens is 384 g/mol. The zero-order valence-electron chi connectivity index (χ0n) is 17.0. The summed E-state index contributed by atoms with van der Waals surface area (Å²) in [5.41, 5.74) is 3.29. The van der Waals surface area contributed by atoms with Crippen LogP contribution in [0, 0.1) is 5.92 Å². The van der Waals surface area contributed by atoms with E-state index in [0.29, 0.717) is 30.0 Å². The first kappa shape index (κ1) is 20.3. The molecule has 2 fully saturated rings. The highest BCUT2D eigenvalue weighted by molar-refractivity contribution is 7.11. The summed E-state index contributed by atoms with van der Waals surface area (Å²) in [6.45, 7) is 7.12. The van der Waals surface area contributed by atoms with Gasteiger partial charge in [-0.1, -0.05) is 6.07 Å². The Kier molecular flexibility index (Phi) is 6.79. The van der Waals surface area contributed by atoms with E-state index in [9.17, 15) is 4.79 Å². The van der Waals surface area contributed by atoms with E-state index in [2.05, 4.69) is 33.1 Å². The molecule has 1 saturated heterocycles. The Morgan fingerprint density at radius 3 is 2.79 bits per heavy atom. The summed E-state index contributed by atoms with van der Waals surface area (Å²) >= 11 is 1.44. The average Bonchev–Trinajstić information content (AvgIpc) is 3.22. The summed E-state index contributed by atoms with van der Waals surface area (Å²) in [6.07, 6.45) is 3.63. The number of thiazole rings is 1. The van der Waals surface area contributed by atoms with Crippen molar-refractivity contribution in [2.24, 2.45) is 5.92 Å². The lowest BCUT2D eigenvalue weighted by atomic mass is 10.1. The standard InChI is InChI=1S/C22H30N4O2S/c1-2-28-19-8-16(12-24-11-15-5-6-23-10-15)7-17(9-19)13-25-21(27)22-26-20(14-29-22)18-3-4-18/h7-9,14-15,18,23-24H,2-6,10-13H2,1H3,(H,25,27). The van der Waals surface area contributed by atoms with Crippen molar-refractivity contribution in [2.75, 3.05) is 26.2 Å². The molecule has 0 bridgehead atoms. The lowest BCUT2D eigenvalue weighted by Gasteiger charge is -2.13. The van der Waals surface area contributed by atoms with Gasteiger partial charge in [0.25, 0.3) is 5.91 Å². The fourth-order valence-corrected chi connectivity index (χ4v) is 4.52. The van der Waals surface area contributed by atoms with Gasteiger partial charge in [-0.2, -0.15) is 0 Å². The van der Waals surface area contributed by atoms with E-state index in [4.69, 9.17) is 4.74 Å². The largest absolute Gasteiger partial charge is 0.494 e. The van der Waals surface area contributed by atoms with Crippen molar-refractivity contribution in [3.63, 3.8) is 0 Å². The van der Waals surface area contributed by atoms with Crippen LogP contribution in [0.5, 0.6) is 5.75 Å². The monoisotopic (exact) mass is 414 g/mol. The number of rotatable bonds is 10. The maximum Gasteiger partial charge on any atom is 0.280 e. The molecule has 2 aromatic rings. The highest BCUT2D eigenvalue weighted by Gasteiger charge is 2.27. The Morgan fingerprint density at radius 1 is 1.24 bits per heavy atom. The summed E-state index contributed by atoms with van der Waals surface area (Å²) in [5, 5.41) is 12.5. The molecule has 1 saturated carbocycles. The second-order valence-electron chi connectivity index (χ2n) is 7.94. The molecule has 4 rings (SSSR count). The van der Waals surface area contributed by atoms with E-state index in [-0.39, 0.29) is 5.91 Å². The Morgan fingerprint density at radius 2 is 2.07 bits per heavy atom. The van der Waals surface area contributed by atoms with Gasteiger partial charge in [-0.25, -0.2) is 4.98 Å². The van der Waals surface area contributed by atoms with Gasteiger partial charge < -0.3 is 20.7 Å². The molecule has 0 spiro atoms. The number of benzene rings is 1. The fourth-order valence-electron chi connectivity index (χ4n) is 3.71. The van der Waals surface area contributed by atoms with Crippen LogP contribution in [-0.2, 0) is 13.1 Å². The summed E-state index contributed by atoms with van der Waals surface area (Å²) < 4.78 is 5.73. The van der Waals surface area contributed by atoms with Crippen molar-refractivity contribution in [3.05, 3.63) is 45.4 Å². The maximum atomic E-state index is 12.5. The van der Waals surface area contributed by atoms with Crippen molar-refractivity contribution >= 4 is 17.2 Å². The zero-order valence-corrected chi connectivity index (χ0v) is 17.8. The second kappa shape index (κ2) is 9.69. The van der Waals surface area contributed by atoms with Gasteiger partial charge in [-0.05, 0) is 75.0 Å². The van der Waals surface area contributed by atoms with Crippen molar-refractivity contribution in [1.82, 2.24) is 20.9 Å². The predicted octanol–water partition coefficient (Wildman–Crippen LogP) is 3.05. The molecule has 0 radical (unpaired) electrons. The van der Waals surface area contributed by atoms with E-state index in [1.807, 2.05) is 18.4 Å². The summed E-state index contributed by atoms with van der Waals surface area (Å²) in [7, 11) is 0. The Bertz CT molecular complexity index is 828. The topological polar surface area (TPSA) is 75.3 Å².